The highest BCUT2D eigenvalue weighted by Crippen LogP contribution is 2.24. The number of hydrogen-bond acceptors (Lipinski definition) is 4. The number of amides is 2. The van der Waals surface area contributed by atoms with Gasteiger partial charge in [-0.15, -0.1) is 0 Å². The average molecular weight is 378 g/mol. The van der Waals surface area contributed by atoms with Crippen molar-refractivity contribution in [1.29, 1.82) is 0 Å². The fraction of sp³-hybridized carbons (Fsp3) is 0.286. The summed E-state index contributed by atoms with van der Waals surface area (Å²) < 4.78 is 5.56. The number of imidazole rings is 1. The summed E-state index contributed by atoms with van der Waals surface area (Å²) in [5.74, 6) is 1.20. The Morgan fingerprint density at radius 3 is 2.75 bits per heavy atom. The summed E-state index contributed by atoms with van der Waals surface area (Å²) in [7, 11) is 0. The van der Waals surface area contributed by atoms with Crippen LogP contribution in [0.4, 0.5) is 5.69 Å². The molecule has 3 aromatic rings. The Hall–Kier alpha value is -3.35. The van der Waals surface area contributed by atoms with Gasteiger partial charge in [-0.25, -0.2) is 4.98 Å². The van der Waals surface area contributed by atoms with Crippen LogP contribution < -0.4 is 15.0 Å². The highest BCUT2D eigenvalue weighted by Gasteiger charge is 2.21. The van der Waals surface area contributed by atoms with Gasteiger partial charge in [0, 0.05) is 18.7 Å². The Balaban J connectivity index is 1.30. The van der Waals surface area contributed by atoms with Crippen molar-refractivity contribution in [3.8, 4) is 5.75 Å². The van der Waals surface area contributed by atoms with Crippen LogP contribution in [0, 0.1) is 0 Å². The summed E-state index contributed by atoms with van der Waals surface area (Å²) in [5.41, 5.74) is 2.66. The van der Waals surface area contributed by atoms with Crippen LogP contribution in [0.15, 0.2) is 48.5 Å². The maximum atomic E-state index is 12.2. The topological polar surface area (TPSA) is 87.3 Å². The summed E-state index contributed by atoms with van der Waals surface area (Å²) in [6.45, 7) is 2.53. The predicted octanol–water partition coefficient (Wildman–Crippen LogP) is 2.95. The van der Waals surface area contributed by atoms with Crippen LogP contribution in [-0.2, 0) is 9.59 Å². The van der Waals surface area contributed by atoms with Gasteiger partial charge in [0.05, 0.1) is 17.1 Å². The Morgan fingerprint density at radius 2 is 2.04 bits per heavy atom. The number of aromatic nitrogens is 2. The second-order valence-corrected chi connectivity index (χ2v) is 6.86. The van der Waals surface area contributed by atoms with Crippen molar-refractivity contribution in [3.05, 3.63) is 54.4 Å². The van der Waals surface area contributed by atoms with Crippen molar-refractivity contribution in [1.82, 2.24) is 15.3 Å². The van der Waals surface area contributed by atoms with Gasteiger partial charge in [0.25, 0.3) is 5.91 Å². The molecule has 1 fully saturated rings. The standard InChI is InChI=1S/C21H22N4O3/c1-14(21-23-17-5-2-3-6-18(17)24-21)22-19(26)13-28-16-10-8-15(9-11-16)25-12-4-7-20(25)27/h2-3,5-6,8-11,14H,4,7,12-13H2,1H3,(H,22,26)(H,23,24)/t14-/m0/s1. The van der Waals surface area contributed by atoms with Gasteiger partial charge in [0.15, 0.2) is 6.61 Å². The first-order valence-electron chi connectivity index (χ1n) is 9.37. The number of para-hydroxylation sites is 2. The number of fused-ring (bicyclic) bond motifs is 1. The van der Waals surface area contributed by atoms with Gasteiger partial charge in [-0.3, -0.25) is 9.59 Å². The highest BCUT2D eigenvalue weighted by molar-refractivity contribution is 5.95. The van der Waals surface area contributed by atoms with Gasteiger partial charge >= 0.3 is 0 Å². The van der Waals surface area contributed by atoms with Crippen LogP contribution in [0.1, 0.15) is 31.6 Å². The third-order valence-electron chi connectivity index (χ3n) is 4.79. The van der Waals surface area contributed by atoms with E-state index in [0.717, 1.165) is 29.7 Å². The molecule has 2 N–H and O–H groups in total. The summed E-state index contributed by atoms with van der Waals surface area (Å²) in [4.78, 5) is 33.5. The van der Waals surface area contributed by atoms with Crippen molar-refractivity contribution in [2.75, 3.05) is 18.1 Å². The lowest BCUT2D eigenvalue weighted by Crippen LogP contribution is -2.31. The zero-order valence-electron chi connectivity index (χ0n) is 15.6. The van der Waals surface area contributed by atoms with Crippen LogP contribution in [0.2, 0.25) is 0 Å². The van der Waals surface area contributed by atoms with E-state index < -0.39 is 0 Å². The van der Waals surface area contributed by atoms with E-state index in [1.165, 1.54) is 0 Å². The molecule has 1 saturated heterocycles. The van der Waals surface area contributed by atoms with Crippen LogP contribution in [0.3, 0.4) is 0 Å². The van der Waals surface area contributed by atoms with E-state index in [1.54, 1.807) is 17.0 Å². The second kappa shape index (κ2) is 7.72. The number of carbonyl (C=O) groups is 2. The molecule has 0 aliphatic carbocycles. The fourth-order valence-corrected chi connectivity index (χ4v) is 3.32. The number of carbonyl (C=O) groups excluding carboxylic acids is 2. The molecule has 0 spiro atoms. The molecule has 0 unspecified atom stereocenters. The van der Waals surface area contributed by atoms with Gasteiger partial charge in [0.2, 0.25) is 5.91 Å². The Morgan fingerprint density at radius 1 is 1.25 bits per heavy atom. The maximum Gasteiger partial charge on any atom is 0.258 e. The summed E-state index contributed by atoms with van der Waals surface area (Å²) in [5, 5.41) is 2.88. The molecule has 1 atom stereocenters. The minimum Gasteiger partial charge on any atom is -0.484 e. The molecule has 0 radical (unpaired) electrons. The molecule has 1 aliphatic heterocycles. The van der Waals surface area contributed by atoms with Crippen LogP contribution in [-0.4, -0.2) is 34.9 Å². The molecule has 7 heteroatoms. The van der Waals surface area contributed by atoms with E-state index in [2.05, 4.69) is 15.3 Å². The van der Waals surface area contributed by atoms with Crippen LogP contribution >= 0.6 is 0 Å². The predicted molar refractivity (Wildman–Crippen MR) is 106 cm³/mol. The molecule has 1 aromatic heterocycles. The number of hydrogen-bond donors (Lipinski definition) is 2. The molecule has 2 heterocycles. The van der Waals surface area contributed by atoms with Crippen LogP contribution in [0.25, 0.3) is 11.0 Å². The smallest absolute Gasteiger partial charge is 0.258 e. The van der Waals surface area contributed by atoms with Crippen molar-refractivity contribution in [2.45, 2.75) is 25.8 Å². The molecule has 2 amide bonds. The second-order valence-electron chi connectivity index (χ2n) is 6.86. The minimum atomic E-state index is -0.257. The Bertz CT molecular complexity index is 963. The molecule has 7 nitrogen and oxygen atoms in total. The van der Waals surface area contributed by atoms with Gasteiger partial charge < -0.3 is 19.9 Å². The molecule has 144 valence electrons. The average Bonchev–Trinajstić information content (AvgIpc) is 3.33. The van der Waals surface area contributed by atoms with Crippen LogP contribution in [0.5, 0.6) is 5.75 Å². The number of ether oxygens (including phenoxy) is 1. The molecular formula is C21H22N4O3. The first-order valence-corrected chi connectivity index (χ1v) is 9.37. The fourth-order valence-electron chi connectivity index (χ4n) is 3.32. The van der Waals surface area contributed by atoms with E-state index in [-0.39, 0.29) is 24.5 Å². The maximum absolute atomic E-state index is 12.2. The number of nitrogens with zero attached hydrogens (tertiary/aromatic N) is 2. The minimum absolute atomic E-state index is 0.0907. The number of nitrogens with one attached hydrogen (secondary N) is 2. The zero-order valence-corrected chi connectivity index (χ0v) is 15.6. The van der Waals surface area contributed by atoms with E-state index >= 15 is 0 Å². The van der Waals surface area contributed by atoms with Crippen molar-refractivity contribution >= 4 is 28.5 Å². The molecular weight excluding hydrogens is 356 g/mol. The lowest BCUT2D eigenvalue weighted by atomic mass is 10.3. The monoisotopic (exact) mass is 378 g/mol. The quantitative estimate of drug-likeness (QED) is 0.690. The van der Waals surface area contributed by atoms with E-state index in [1.807, 2.05) is 43.3 Å². The first-order chi connectivity index (χ1) is 13.6. The number of aromatic amines is 1. The van der Waals surface area contributed by atoms with E-state index in [4.69, 9.17) is 4.74 Å². The van der Waals surface area contributed by atoms with Gasteiger partial charge in [0.1, 0.15) is 11.6 Å². The third-order valence-corrected chi connectivity index (χ3v) is 4.79. The molecule has 0 bridgehead atoms. The number of H-pyrrole nitrogens is 1. The molecule has 2 aromatic carbocycles. The van der Waals surface area contributed by atoms with Gasteiger partial charge in [-0.1, -0.05) is 12.1 Å². The summed E-state index contributed by atoms with van der Waals surface area (Å²) >= 11 is 0. The lowest BCUT2D eigenvalue weighted by Gasteiger charge is -2.16. The highest BCUT2D eigenvalue weighted by atomic mass is 16.5. The molecule has 1 aliphatic rings. The number of benzene rings is 2. The summed E-state index contributed by atoms with van der Waals surface area (Å²) in [6.07, 6.45) is 1.49. The van der Waals surface area contributed by atoms with Crippen molar-refractivity contribution in [2.24, 2.45) is 0 Å². The SMILES string of the molecule is C[C@H](NC(=O)COc1ccc(N2CCCC2=O)cc1)c1nc2ccccc2[nH]1. The normalized spacial score (nSPS) is 15.0. The summed E-state index contributed by atoms with van der Waals surface area (Å²) in [6, 6.07) is 14.7. The van der Waals surface area contributed by atoms with E-state index in [0.29, 0.717) is 18.0 Å². The molecule has 0 saturated carbocycles. The van der Waals surface area contributed by atoms with Gasteiger partial charge in [-0.2, -0.15) is 0 Å². The van der Waals surface area contributed by atoms with Crippen molar-refractivity contribution < 1.29 is 14.3 Å². The lowest BCUT2D eigenvalue weighted by molar-refractivity contribution is -0.123. The largest absolute Gasteiger partial charge is 0.484 e. The third kappa shape index (κ3) is 3.83. The number of anilines is 1. The Kier molecular flexibility index (Phi) is 4.97. The number of rotatable bonds is 6. The van der Waals surface area contributed by atoms with Gasteiger partial charge in [-0.05, 0) is 49.7 Å². The Labute approximate surface area is 162 Å². The van der Waals surface area contributed by atoms with Crippen molar-refractivity contribution in [3.63, 3.8) is 0 Å². The molecule has 4 rings (SSSR count). The molecule has 28 heavy (non-hydrogen) atoms. The first kappa shape index (κ1) is 18.0. The zero-order chi connectivity index (χ0) is 19.5. The van der Waals surface area contributed by atoms with E-state index in [9.17, 15) is 9.59 Å².